The second-order valence-electron chi connectivity index (χ2n) is 7.49. The molecule has 24 heavy (non-hydrogen) atoms. The van der Waals surface area contributed by atoms with Gasteiger partial charge in [0.2, 0.25) is 0 Å². The highest BCUT2D eigenvalue weighted by molar-refractivity contribution is 6.23. The maximum atomic E-state index is 13.0. The van der Waals surface area contributed by atoms with Gasteiger partial charge in [-0.3, -0.25) is 9.59 Å². The summed E-state index contributed by atoms with van der Waals surface area (Å²) in [4.78, 5) is 25.4. The Labute approximate surface area is 143 Å². The molecule has 0 radical (unpaired) electrons. The van der Waals surface area contributed by atoms with Crippen LogP contribution in [0.1, 0.15) is 48.0 Å². The maximum Gasteiger partial charge on any atom is 0.181 e. The highest BCUT2D eigenvalue weighted by Crippen LogP contribution is 2.40. The number of aliphatic hydroxyl groups excluding tert-OH is 1. The first-order valence-corrected chi connectivity index (χ1v) is 8.33. The Morgan fingerprint density at radius 3 is 2.54 bits per heavy atom. The zero-order valence-corrected chi connectivity index (χ0v) is 15.3. The van der Waals surface area contributed by atoms with Crippen LogP contribution < -0.4 is 0 Å². The van der Waals surface area contributed by atoms with Crippen molar-refractivity contribution < 1.29 is 19.4 Å². The summed E-state index contributed by atoms with van der Waals surface area (Å²) < 4.78 is 5.99. The summed E-state index contributed by atoms with van der Waals surface area (Å²) in [5, 5.41) is 10.6. The van der Waals surface area contributed by atoms with E-state index in [4.69, 9.17) is 4.74 Å². The molecule has 0 saturated heterocycles. The van der Waals surface area contributed by atoms with Gasteiger partial charge in [-0.2, -0.15) is 0 Å². The van der Waals surface area contributed by atoms with Gasteiger partial charge in [-0.05, 0) is 46.3 Å². The molecule has 0 aromatic rings. The molecule has 1 atom stereocenters. The molecular formula is C20H26O4. The van der Waals surface area contributed by atoms with E-state index in [1.165, 1.54) is 0 Å². The normalized spacial score (nSPS) is 22.5. The van der Waals surface area contributed by atoms with Gasteiger partial charge in [0.25, 0.3) is 0 Å². The number of hydrogen-bond acceptors (Lipinski definition) is 4. The van der Waals surface area contributed by atoms with Gasteiger partial charge in [-0.25, -0.2) is 0 Å². The van der Waals surface area contributed by atoms with Crippen LogP contribution in [0.5, 0.6) is 0 Å². The Morgan fingerprint density at radius 2 is 2.00 bits per heavy atom. The quantitative estimate of drug-likeness (QED) is 0.620. The van der Waals surface area contributed by atoms with Crippen LogP contribution in [0.2, 0.25) is 0 Å². The van der Waals surface area contributed by atoms with E-state index in [0.717, 1.165) is 5.57 Å². The summed E-state index contributed by atoms with van der Waals surface area (Å²) in [6.07, 6.45) is 5.99. The van der Waals surface area contributed by atoms with E-state index >= 15 is 0 Å². The van der Waals surface area contributed by atoms with Crippen LogP contribution in [0, 0.1) is 11.8 Å². The standard InChI is InChI=1S/C20H26O4/c1-11(2)7-8-13-17(22)15(16(21)12(3)4)18(23)14-9-10-20(5,6)24-19(13)14/h7,9-10,12-13,23H,8H2,1-6H3/t13-/m0/s1. The average Bonchev–Trinajstić information content (AvgIpc) is 2.45. The molecule has 0 unspecified atom stereocenters. The highest BCUT2D eigenvalue weighted by atomic mass is 16.5. The summed E-state index contributed by atoms with van der Waals surface area (Å²) in [5.41, 5.74) is 0.891. The van der Waals surface area contributed by atoms with Gasteiger partial charge in [0.15, 0.2) is 11.6 Å². The average molecular weight is 330 g/mol. The van der Waals surface area contributed by atoms with E-state index in [1.54, 1.807) is 19.9 Å². The van der Waals surface area contributed by atoms with Crippen molar-refractivity contribution in [2.45, 2.75) is 53.6 Å². The number of allylic oxidation sites excluding steroid dienone is 5. The third kappa shape index (κ3) is 3.37. The maximum absolute atomic E-state index is 13.0. The smallest absolute Gasteiger partial charge is 0.181 e. The molecule has 4 heteroatoms. The summed E-state index contributed by atoms with van der Waals surface area (Å²) in [6.45, 7) is 11.2. The van der Waals surface area contributed by atoms with E-state index in [9.17, 15) is 14.7 Å². The Bertz CT molecular complexity index is 695. The molecule has 130 valence electrons. The Morgan fingerprint density at radius 1 is 1.38 bits per heavy atom. The second-order valence-corrected chi connectivity index (χ2v) is 7.49. The van der Waals surface area contributed by atoms with Gasteiger partial charge >= 0.3 is 0 Å². The zero-order valence-electron chi connectivity index (χ0n) is 15.3. The number of aliphatic hydroxyl groups is 1. The molecule has 0 saturated carbocycles. The lowest BCUT2D eigenvalue weighted by Crippen LogP contribution is -2.36. The van der Waals surface area contributed by atoms with Crippen LogP contribution in [0.25, 0.3) is 0 Å². The predicted molar refractivity (Wildman–Crippen MR) is 93.4 cm³/mol. The van der Waals surface area contributed by atoms with Crippen LogP contribution in [-0.2, 0) is 14.3 Å². The third-order valence-electron chi connectivity index (χ3n) is 4.19. The summed E-state index contributed by atoms with van der Waals surface area (Å²) in [7, 11) is 0. The van der Waals surface area contributed by atoms with Gasteiger partial charge in [-0.1, -0.05) is 25.5 Å². The van der Waals surface area contributed by atoms with Crippen molar-refractivity contribution in [1.82, 2.24) is 0 Å². The molecule has 0 aromatic carbocycles. The van der Waals surface area contributed by atoms with E-state index in [2.05, 4.69) is 0 Å². The monoisotopic (exact) mass is 330 g/mol. The highest BCUT2D eigenvalue weighted by Gasteiger charge is 2.42. The first kappa shape index (κ1) is 18.2. The minimum Gasteiger partial charge on any atom is -0.506 e. The SMILES string of the molecule is CC(C)=CC[C@H]1C(=O)C(C(=O)C(C)C)=C(O)C2=C1OC(C)(C)C=C2. The molecule has 1 heterocycles. The third-order valence-corrected chi connectivity index (χ3v) is 4.19. The fraction of sp³-hybridized carbons (Fsp3) is 0.500. The predicted octanol–water partition coefficient (Wildman–Crippen LogP) is 4.20. The number of ether oxygens (including phenoxy) is 1. The lowest BCUT2D eigenvalue weighted by Gasteiger charge is -2.36. The molecule has 2 aliphatic rings. The number of ketones is 2. The van der Waals surface area contributed by atoms with Gasteiger partial charge in [0, 0.05) is 5.92 Å². The number of carbonyl (C=O) groups is 2. The van der Waals surface area contributed by atoms with Crippen molar-refractivity contribution in [2.24, 2.45) is 11.8 Å². The lowest BCUT2D eigenvalue weighted by atomic mass is 9.78. The van der Waals surface area contributed by atoms with E-state index in [-0.39, 0.29) is 28.8 Å². The number of carbonyl (C=O) groups excluding carboxylic acids is 2. The van der Waals surface area contributed by atoms with Gasteiger partial charge in [0.05, 0.1) is 11.5 Å². The summed E-state index contributed by atoms with van der Waals surface area (Å²) in [5.74, 6) is -1.41. The van der Waals surface area contributed by atoms with Crippen molar-refractivity contribution in [3.63, 3.8) is 0 Å². The minimum absolute atomic E-state index is 0.0936. The van der Waals surface area contributed by atoms with Gasteiger partial charge in [0.1, 0.15) is 22.7 Å². The molecule has 0 bridgehead atoms. The molecule has 0 fully saturated rings. The van der Waals surface area contributed by atoms with Gasteiger partial charge < -0.3 is 9.84 Å². The number of rotatable bonds is 4. The molecule has 1 aliphatic carbocycles. The molecule has 0 amide bonds. The van der Waals surface area contributed by atoms with Crippen molar-refractivity contribution in [3.8, 4) is 0 Å². The van der Waals surface area contributed by atoms with Gasteiger partial charge in [-0.15, -0.1) is 0 Å². The van der Waals surface area contributed by atoms with Crippen LogP contribution in [0.3, 0.4) is 0 Å². The van der Waals surface area contributed by atoms with Crippen molar-refractivity contribution in [2.75, 3.05) is 0 Å². The summed E-state index contributed by atoms with van der Waals surface area (Å²) >= 11 is 0. The van der Waals surface area contributed by atoms with Crippen molar-refractivity contribution in [1.29, 1.82) is 0 Å². The number of hydrogen-bond donors (Lipinski definition) is 1. The first-order chi connectivity index (χ1) is 11.0. The van der Waals surface area contributed by atoms with Crippen LogP contribution in [-0.4, -0.2) is 22.3 Å². The zero-order chi connectivity index (χ0) is 18.2. The number of Topliss-reactive ketones (excluding diaryl/α,β-unsaturated/α-hetero) is 2. The van der Waals surface area contributed by atoms with Crippen LogP contribution >= 0.6 is 0 Å². The second kappa shape index (κ2) is 6.42. The fourth-order valence-electron chi connectivity index (χ4n) is 2.83. The fourth-order valence-corrected chi connectivity index (χ4v) is 2.83. The van der Waals surface area contributed by atoms with E-state index in [1.807, 2.05) is 39.8 Å². The molecule has 1 aliphatic heterocycles. The Kier molecular flexibility index (Phi) is 4.88. The molecule has 0 spiro atoms. The van der Waals surface area contributed by atoms with Crippen LogP contribution in [0.15, 0.2) is 46.5 Å². The first-order valence-electron chi connectivity index (χ1n) is 8.33. The molecule has 1 N–H and O–H groups in total. The molecule has 2 rings (SSSR count). The summed E-state index contributed by atoms with van der Waals surface area (Å²) in [6, 6.07) is 0. The molecule has 4 nitrogen and oxygen atoms in total. The topological polar surface area (TPSA) is 63.6 Å². The van der Waals surface area contributed by atoms with Crippen molar-refractivity contribution >= 4 is 11.6 Å². The molecule has 0 aromatic heterocycles. The molecular weight excluding hydrogens is 304 g/mol. The minimum atomic E-state index is -0.576. The lowest BCUT2D eigenvalue weighted by molar-refractivity contribution is -0.126. The van der Waals surface area contributed by atoms with Crippen LogP contribution in [0.4, 0.5) is 0 Å². The Balaban J connectivity index is 2.59. The largest absolute Gasteiger partial charge is 0.506 e. The van der Waals surface area contributed by atoms with E-state index < -0.39 is 11.5 Å². The van der Waals surface area contributed by atoms with Crippen molar-refractivity contribution in [3.05, 3.63) is 46.5 Å². The van der Waals surface area contributed by atoms with E-state index in [0.29, 0.717) is 17.8 Å². The Hall–Kier alpha value is -2.10.